The molecule has 50 heavy (non-hydrogen) atoms. The predicted octanol–water partition coefficient (Wildman–Crippen LogP) is 10.2. The van der Waals surface area contributed by atoms with Gasteiger partial charge in [-0.15, -0.1) is 4.91 Å². The molecule has 7 heteroatoms. The SMILES string of the molecule is C=C(C)[C@@H]1CC[C@]2(C(=O)N3CCCC3c3ncc(-c4ccc(N=O)cc4)[nH]3)CC[C@]3(C)[C@H](CCC4[C@@]5(C)CC[C@H](O)C(C)(C)C5CC[C@]43C)C12. The Morgan fingerprint density at radius 2 is 1.68 bits per heavy atom. The number of nitrogens with zero attached hydrogens (tertiary/aromatic N) is 3. The first kappa shape index (κ1) is 34.3. The normalized spacial score (nSPS) is 43.3. The van der Waals surface area contributed by atoms with E-state index in [9.17, 15) is 10.0 Å². The van der Waals surface area contributed by atoms with Crippen LogP contribution in [-0.2, 0) is 4.79 Å². The molecule has 6 aliphatic rings. The van der Waals surface area contributed by atoms with Gasteiger partial charge in [0.05, 0.1) is 29.5 Å². The van der Waals surface area contributed by atoms with Gasteiger partial charge in [-0.2, -0.15) is 0 Å². The van der Waals surface area contributed by atoms with Crippen LogP contribution in [0.15, 0.2) is 47.8 Å². The van der Waals surface area contributed by atoms with Crippen LogP contribution < -0.4 is 0 Å². The molecule has 2 N–H and O–H groups in total. The van der Waals surface area contributed by atoms with E-state index in [-0.39, 0.29) is 39.2 Å². The van der Waals surface area contributed by atoms with Crippen molar-refractivity contribution in [3.8, 4) is 11.3 Å². The first-order valence-electron chi connectivity index (χ1n) is 19.8. The number of hydrogen-bond donors (Lipinski definition) is 2. The number of amides is 1. The number of aromatic amines is 1. The van der Waals surface area contributed by atoms with Crippen molar-refractivity contribution >= 4 is 11.6 Å². The van der Waals surface area contributed by atoms with E-state index in [2.05, 4.69) is 63.2 Å². The van der Waals surface area contributed by atoms with Gasteiger partial charge in [0.2, 0.25) is 5.91 Å². The highest BCUT2D eigenvalue weighted by Gasteiger charge is 2.72. The summed E-state index contributed by atoms with van der Waals surface area (Å²) in [6.07, 6.45) is 14.6. The number of carbonyl (C=O) groups excluding carboxylic acids is 1. The Hall–Kier alpha value is -2.80. The molecule has 5 aliphatic carbocycles. The third kappa shape index (κ3) is 4.56. The molecule has 0 bridgehead atoms. The lowest BCUT2D eigenvalue weighted by molar-refractivity contribution is -0.247. The molecule has 0 radical (unpaired) electrons. The number of imidazole rings is 1. The minimum absolute atomic E-state index is 0.0454. The van der Waals surface area contributed by atoms with Crippen LogP contribution in [0.5, 0.6) is 0 Å². The van der Waals surface area contributed by atoms with E-state index in [0.717, 1.165) is 75.0 Å². The predicted molar refractivity (Wildman–Crippen MR) is 198 cm³/mol. The Kier molecular flexibility index (Phi) is 7.96. The molecule has 1 saturated heterocycles. The minimum atomic E-state index is -0.343. The second kappa shape index (κ2) is 11.6. The van der Waals surface area contributed by atoms with Crippen molar-refractivity contribution in [2.75, 3.05) is 6.54 Å². The van der Waals surface area contributed by atoms with Gasteiger partial charge in [0, 0.05) is 6.54 Å². The molecule has 7 nitrogen and oxygen atoms in total. The van der Waals surface area contributed by atoms with E-state index >= 15 is 4.79 Å². The Morgan fingerprint density at radius 1 is 0.920 bits per heavy atom. The molecule has 1 aromatic heterocycles. The number of hydrogen-bond acceptors (Lipinski definition) is 5. The molecular formula is C43H60N4O3. The van der Waals surface area contributed by atoms with Gasteiger partial charge in [-0.1, -0.05) is 58.9 Å². The maximum absolute atomic E-state index is 15.4. The number of likely N-dealkylation sites (tertiary alicyclic amines) is 1. The summed E-state index contributed by atoms with van der Waals surface area (Å²) in [6.45, 7) is 20.2. The van der Waals surface area contributed by atoms with Crippen LogP contribution in [0.1, 0.15) is 130 Å². The van der Waals surface area contributed by atoms with Crippen LogP contribution in [0.25, 0.3) is 11.3 Å². The molecule has 2 heterocycles. The van der Waals surface area contributed by atoms with Gasteiger partial charge < -0.3 is 15.0 Å². The van der Waals surface area contributed by atoms with Crippen LogP contribution in [0, 0.1) is 61.6 Å². The number of benzene rings is 1. The fraction of sp³-hybridized carbons (Fsp3) is 0.721. The quantitative estimate of drug-likeness (QED) is 0.243. The highest BCUT2D eigenvalue weighted by Crippen LogP contribution is 2.77. The molecule has 1 amide bonds. The summed E-state index contributed by atoms with van der Waals surface area (Å²) in [4.78, 5) is 36.9. The van der Waals surface area contributed by atoms with Gasteiger partial charge >= 0.3 is 0 Å². The number of nitroso groups, excluding NO2 is 1. The largest absolute Gasteiger partial charge is 0.393 e. The Labute approximate surface area is 299 Å². The van der Waals surface area contributed by atoms with Gasteiger partial charge in [-0.25, -0.2) is 4.98 Å². The van der Waals surface area contributed by atoms with Gasteiger partial charge in [-0.3, -0.25) is 4.79 Å². The van der Waals surface area contributed by atoms with E-state index in [1.807, 2.05) is 18.3 Å². The number of aliphatic hydroxyl groups is 1. The smallest absolute Gasteiger partial charge is 0.229 e. The van der Waals surface area contributed by atoms with Crippen LogP contribution in [0.3, 0.4) is 0 Å². The lowest BCUT2D eigenvalue weighted by Crippen LogP contribution is -2.67. The average Bonchev–Trinajstić information content (AvgIpc) is 3.86. The van der Waals surface area contributed by atoms with Crippen LogP contribution in [-0.4, -0.2) is 38.5 Å². The fourth-order valence-corrected chi connectivity index (χ4v) is 14.4. The number of aliphatic hydroxyl groups excluding tert-OH is 1. The average molecular weight is 681 g/mol. The maximum Gasteiger partial charge on any atom is 0.229 e. The van der Waals surface area contributed by atoms with Gasteiger partial charge in [0.1, 0.15) is 11.5 Å². The summed E-state index contributed by atoms with van der Waals surface area (Å²) in [5.41, 5.74) is 3.78. The van der Waals surface area contributed by atoms with Crippen molar-refractivity contribution in [1.82, 2.24) is 14.9 Å². The number of rotatable bonds is 5. The Balaban J connectivity index is 1.11. The third-order valence-corrected chi connectivity index (χ3v) is 17.2. The second-order valence-corrected chi connectivity index (χ2v) is 19.2. The summed E-state index contributed by atoms with van der Waals surface area (Å²) in [6, 6.07) is 7.19. The van der Waals surface area contributed by atoms with E-state index in [4.69, 9.17) is 4.98 Å². The monoisotopic (exact) mass is 680 g/mol. The zero-order valence-corrected chi connectivity index (χ0v) is 31.4. The molecule has 1 aromatic carbocycles. The summed E-state index contributed by atoms with van der Waals surface area (Å²) >= 11 is 0. The summed E-state index contributed by atoms with van der Waals surface area (Å²) in [7, 11) is 0. The number of allylic oxidation sites excluding steroid dienone is 1. The molecule has 4 unspecified atom stereocenters. The zero-order valence-electron chi connectivity index (χ0n) is 31.4. The van der Waals surface area contributed by atoms with Crippen molar-refractivity contribution in [2.45, 2.75) is 131 Å². The summed E-state index contributed by atoms with van der Waals surface area (Å²) in [5, 5.41) is 14.2. The van der Waals surface area contributed by atoms with E-state index in [1.54, 1.807) is 12.1 Å². The van der Waals surface area contributed by atoms with Crippen molar-refractivity contribution in [2.24, 2.45) is 61.8 Å². The van der Waals surface area contributed by atoms with Crippen LogP contribution in [0.2, 0.25) is 0 Å². The lowest BCUT2D eigenvalue weighted by atomic mass is 9.32. The number of nitrogens with one attached hydrogen (secondary N) is 1. The molecule has 6 fully saturated rings. The number of fused-ring (bicyclic) bond motifs is 7. The molecule has 2 aromatic rings. The van der Waals surface area contributed by atoms with Crippen molar-refractivity contribution in [3.05, 3.63) is 53.3 Å². The van der Waals surface area contributed by atoms with Gasteiger partial charge in [0.25, 0.3) is 0 Å². The van der Waals surface area contributed by atoms with Crippen LogP contribution in [0.4, 0.5) is 5.69 Å². The van der Waals surface area contributed by atoms with E-state index in [1.165, 1.54) is 31.3 Å². The Bertz CT molecular complexity index is 1680. The fourth-order valence-electron chi connectivity index (χ4n) is 14.4. The summed E-state index contributed by atoms with van der Waals surface area (Å²) in [5.74, 6) is 3.67. The van der Waals surface area contributed by atoms with E-state index < -0.39 is 0 Å². The summed E-state index contributed by atoms with van der Waals surface area (Å²) < 4.78 is 0. The van der Waals surface area contributed by atoms with Crippen molar-refractivity contribution in [3.63, 3.8) is 0 Å². The van der Waals surface area contributed by atoms with Gasteiger partial charge in [0.15, 0.2) is 0 Å². The molecule has 11 atom stereocenters. The Morgan fingerprint density at radius 3 is 2.40 bits per heavy atom. The topological polar surface area (TPSA) is 98.7 Å². The molecule has 270 valence electrons. The first-order chi connectivity index (χ1) is 23.7. The zero-order chi connectivity index (χ0) is 35.4. The van der Waals surface area contributed by atoms with Crippen molar-refractivity contribution < 1.29 is 9.90 Å². The highest BCUT2D eigenvalue weighted by atomic mass is 16.3. The number of carbonyl (C=O) groups is 1. The molecular weight excluding hydrogens is 620 g/mol. The van der Waals surface area contributed by atoms with Crippen molar-refractivity contribution in [1.29, 1.82) is 0 Å². The maximum atomic E-state index is 15.4. The number of H-pyrrole nitrogens is 1. The molecule has 5 saturated carbocycles. The highest BCUT2D eigenvalue weighted by molar-refractivity contribution is 5.84. The van der Waals surface area contributed by atoms with Crippen LogP contribution >= 0.6 is 0 Å². The molecule has 1 aliphatic heterocycles. The number of aromatic nitrogens is 2. The lowest BCUT2D eigenvalue weighted by Gasteiger charge is -2.73. The minimum Gasteiger partial charge on any atom is -0.393 e. The molecule has 8 rings (SSSR count). The molecule has 0 spiro atoms. The first-order valence-corrected chi connectivity index (χ1v) is 19.8. The third-order valence-electron chi connectivity index (χ3n) is 17.2. The van der Waals surface area contributed by atoms with Gasteiger partial charge in [-0.05, 0) is 158 Å². The standard InChI is InChI=1S/C43H60N4O3/c1-26(2)29-16-21-43(38(49)47-24-8-9-32(47)37-44-25-31(45-37)27-10-12-28(46-50)13-11-27)23-22-41(6)30(36(29)43)14-15-34-40(5)19-18-35(48)39(3,4)33(40)17-20-42(34,41)7/h10-13,25,29-30,32-36,48H,1,8-9,14-24H2,2-7H3,(H,44,45)/t29-,30+,32?,33?,34?,35-,36?,40-,41+,42+,43-/m0/s1. The van der Waals surface area contributed by atoms with E-state index in [0.29, 0.717) is 41.2 Å². The second-order valence-electron chi connectivity index (χ2n) is 19.2.